The zero-order chi connectivity index (χ0) is 16.3. The second-order valence-electron chi connectivity index (χ2n) is 6.80. The van der Waals surface area contributed by atoms with Crippen LogP contribution in [0.1, 0.15) is 45.4 Å². The molecule has 1 saturated heterocycles. The van der Waals surface area contributed by atoms with Crippen LogP contribution in [0.2, 0.25) is 0 Å². The van der Waals surface area contributed by atoms with E-state index in [0.29, 0.717) is 19.1 Å². The molecule has 1 aromatic carbocycles. The Balaban J connectivity index is 1.62. The molecule has 1 heterocycles. The average molecular weight is 317 g/mol. The molecule has 0 spiro atoms. The number of carbonyl (C=O) groups excluding carboxylic acids is 1. The molecule has 0 N–H and O–H groups in total. The monoisotopic (exact) mass is 317 g/mol. The lowest BCUT2D eigenvalue weighted by Gasteiger charge is -2.25. The van der Waals surface area contributed by atoms with E-state index in [-0.39, 0.29) is 5.91 Å². The van der Waals surface area contributed by atoms with Gasteiger partial charge in [0.15, 0.2) is 5.54 Å². The van der Waals surface area contributed by atoms with Gasteiger partial charge in [0.1, 0.15) is 18.1 Å². The normalized spacial score (nSPS) is 24.6. The van der Waals surface area contributed by atoms with Crippen LogP contribution in [0, 0.1) is 5.92 Å². The summed E-state index contributed by atoms with van der Waals surface area (Å²) in [6, 6.07) is 7.66. The minimum atomic E-state index is -0.399. The van der Waals surface area contributed by atoms with Crippen LogP contribution in [-0.2, 0) is 4.79 Å². The standard InChI is InChI=1S/C19H27NO3/c1-3-22-16-10-7-11-17(12-16)23-14-19(18(21)20(19)2)13-15-8-5-4-6-9-15/h7,10-12,15H,3-6,8-9,13-14H2,1-2H3. The van der Waals surface area contributed by atoms with Gasteiger partial charge >= 0.3 is 0 Å². The van der Waals surface area contributed by atoms with Crippen molar-refractivity contribution in [1.29, 1.82) is 0 Å². The summed E-state index contributed by atoms with van der Waals surface area (Å²) in [5, 5.41) is 0. The van der Waals surface area contributed by atoms with Crippen LogP contribution in [0.3, 0.4) is 0 Å². The van der Waals surface area contributed by atoms with Crippen LogP contribution in [0.25, 0.3) is 0 Å². The molecule has 1 atom stereocenters. The quantitative estimate of drug-likeness (QED) is 0.721. The lowest BCUT2D eigenvalue weighted by Crippen LogP contribution is -2.30. The Kier molecular flexibility index (Phi) is 4.79. The molecule has 1 amide bonds. The van der Waals surface area contributed by atoms with E-state index in [1.165, 1.54) is 32.1 Å². The maximum Gasteiger partial charge on any atom is 0.252 e. The van der Waals surface area contributed by atoms with E-state index in [9.17, 15) is 4.79 Å². The second kappa shape index (κ2) is 6.81. The van der Waals surface area contributed by atoms with Crippen LogP contribution in [0.4, 0.5) is 0 Å². The molecule has 1 saturated carbocycles. The molecule has 1 aromatic rings. The maximum absolute atomic E-state index is 12.2. The van der Waals surface area contributed by atoms with Crippen molar-refractivity contribution in [1.82, 2.24) is 4.90 Å². The Morgan fingerprint density at radius 3 is 2.43 bits per heavy atom. The van der Waals surface area contributed by atoms with E-state index in [2.05, 4.69) is 0 Å². The Bertz CT molecular complexity index is 553. The maximum atomic E-state index is 12.2. The van der Waals surface area contributed by atoms with Gasteiger partial charge in [-0.3, -0.25) is 4.79 Å². The molecular weight excluding hydrogens is 290 g/mol. The highest BCUT2D eigenvalue weighted by molar-refractivity contribution is 6.02. The van der Waals surface area contributed by atoms with Gasteiger partial charge < -0.3 is 14.4 Å². The predicted molar refractivity (Wildman–Crippen MR) is 89.8 cm³/mol. The molecule has 0 radical (unpaired) electrons. The van der Waals surface area contributed by atoms with Gasteiger partial charge in [0.05, 0.1) is 6.61 Å². The lowest BCUT2D eigenvalue weighted by atomic mass is 9.82. The SMILES string of the molecule is CCOc1cccc(OCC2(CC3CCCCC3)C(=O)N2C)c1. The Hall–Kier alpha value is -1.71. The summed E-state index contributed by atoms with van der Waals surface area (Å²) in [5.41, 5.74) is -0.399. The lowest BCUT2D eigenvalue weighted by molar-refractivity contribution is -0.114. The number of nitrogens with zero attached hydrogens (tertiary/aromatic N) is 1. The largest absolute Gasteiger partial charge is 0.494 e. The van der Waals surface area contributed by atoms with Crippen molar-refractivity contribution in [2.45, 2.75) is 51.0 Å². The minimum Gasteiger partial charge on any atom is -0.494 e. The van der Waals surface area contributed by atoms with Gasteiger partial charge in [-0.25, -0.2) is 0 Å². The summed E-state index contributed by atoms with van der Waals surface area (Å²) >= 11 is 0. The molecule has 0 aromatic heterocycles. The van der Waals surface area contributed by atoms with Crippen LogP contribution in [0.5, 0.6) is 11.5 Å². The van der Waals surface area contributed by atoms with Gasteiger partial charge in [0, 0.05) is 13.1 Å². The Labute approximate surface area is 138 Å². The number of benzene rings is 1. The van der Waals surface area contributed by atoms with Crippen molar-refractivity contribution in [3.05, 3.63) is 24.3 Å². The van der Waals surface area contributed by atoms with E-state index in [1.54, 1.807) is 0 Å². The summed E-state index contributed by atoms with van der Waals surface area (Å²) in [6.45, 7) is 3.04. The fourth-order valence-corrected chi connectivity index (χ4v) is 3.75. The van der Waals surface area contributed by atoms with Crippen molar-refractivity contribution in [3.63, 3.8) is 0 Å². The van der Waals surface area contributed by atoms with Crippen molar-refractivity contribution in [2.24, 2.45) is 5.92 Å². The summed E-state index contributed by atoms with van der Waals surface area (Å²) in [4.78, 5) is 14.1. The molecule has 2 aliphatic rings. The Morgan fingerprint density at radius 2 is 1.83 bits per heavy atom. The topological polar surface area (TPSA) is 38.5 Å². The highest BCUT2D eigenvalue weighted by atomic mass is 16.5. The first-order chi connectivity index (χ1) is 11.2. The molecule has 1 aliphatic heterocycles. The van der Waals surface area contributed by atoms with Crippen molar-refractivity contribution in [3.8, 4) is 11.5 Å². The first-order valence-electron chi connectivity index (χ1n) is 8.79. The first-order valence-corrected chi connectivity index (χ1v) is 8.79. The summed E-state index contributed by atoms with van der Waals surface area (Å²) in [6.07, 6.45) is 7.39. The number of rotatable bonds is 7. The highest BCUT2D eigenvalue weighted by Crippen LogP contribution is 2.42. The van der Waals surface area contributed by atoms with E-state index in [4.69, 9.17) is 9.47 Å². The molecule has 3 rings (SSSR count). The molecule has 4 heteroatoms. The fraction of sp³-hybridized carbons (Fsp3) is 0.632. The molecule has 0 bridgehead atoms. The summed E-state index contributed by atoms with van der Waals surface area (Å²) in [7, 11) is 1.89. The van der Waals surface area contributed by atoms with E-state index < -0.39 is 5.54 Å². The highest BCUT2D eigenvalue weighted by Gasteiger charge is 2.61. The van der Waals surface area contributed by atoms with Gasteiger partial charge in [-0.2, -0.15) is 0 Å². The van der Waals surface area contributed by atoms with Gasteiger partial charge in [-0.15, -0.1) is 0 Å². The first kappa shape index (κ1) is 16.2. The van der Waals surface area contributed by atoms with Crippen LogP contribution in [0.15, 0.2) is 24.3 Å². The van der Waals surface area contributed by atoms with Crippen molar-refractivity contribution in [2.75, 3.05) is 20.3 Å². The molecule has 1 unspecified atom stereocenters. The van der Waals surface area contributed by atoms with E-state index in [0.717, 1.165) is 17.9 Å². The molecular formula is C19H27NO3. The van der Waals surface area contributed by atoms with Gasteiger partial charge in [0.25, 0.3) is 5.91 Å². The number of likely N-dealkylation sites (N-methyl/N-ethyl adjacent to an activating group) is 1. The molecule has 23 heavy (non-hydrogen) atoms. The van der Waals surface area contributed by atoms with Gasteiger partial charge in [-0.1, -0.05) is 38.2 Å². The molecule has 1 aliphatic carbocycles. The van der Waals surface area contributed by atoms with E-state index >= 15 is 0 Å². The third-order valence-corrected chi connectivity index (χ3v) is 5.24. The predicted octanol–water partition coefficient (Wildman–Crippen LogP) is 3.65. The number of carbonyl (C=O) groups is 1. The number of ether oxygens (including phenoxy) is 2. The van der Waals surface area contributed by atoms with Crippen LogP contribution in [-0.4, -0.2) is 36.6 Å². The van der Waals surface area contributed by atoms with Crippen molar-refractivity contribution >= 4 is 5.91 Å². The number of hydrogen-bond donors (Lipinski definition) is 0. The zero-order valence-corrected chi connectivity index (χ0v) is 14.2. The fourth-order valence-electron chi connectivity index (χ4n) is 3.75. The van der Waals surface area contributed by atoms with Gasteiger partial charge in [0.2, 0.25) is 0 Å². The zero-order valence-electron chi connectivity index (χ0n) is 14.2. The smallest absolute Gasteiger partial charge is 0.252 e. The second-order valence-corrected chi connectivity index (χ2v) is 6.80. The van der Waals surface area contributed by atoms with E-state index in [1.807, 2.05) is 43.1 Å². The number of amides is 1. The third-order valence-electron chi connectivity index (χ3n) is 5.24. The van der Waals surface area contributed by atoms with Crippen LogP contribution >= 0.6 is 0 Å². The summed E-state index contributed by atoms with van der Waals surface area (Å²) in [5.74, 6) is 2.47. The van der Waals surface area contributed by atoms with Crippen molar-refractivity contribution < 1.29 is 14.3 Å². The Morgan fingerprint density at radius 1 is 1.17 bits per heavy atom. The average Bonchev–Trinajstić information content (AvgIpc) is 3.08. The third kappa shape index (κ3) is 3.46. The minimum absolute atomic E-state index is 0.226. The molecule has 2 fully saturated rings. The van der Waals surface area contributed by atoms with Gasteiger partial charge in [-0.05, 0) is 31.4 Å². The molecule has 126 valence electrons. The number of hydrogen-bond acceptors (Lipinski definition) is 3. The molecule has 4 nitrogen and oxygen atoms in total. The summed E-state index contributed by atoms with van der Waals surface area (Å²) < 4.78 is 11.5. The van der Waals surface area contributed by atoms with Crippen LogP contribution < -0.4 is 9.47 Å².